The van der Waals surface area contributed by atoms with Gasteiger partial charge in [0.25, 0.3) is 11.8 Å². The van der Waals surface area contributed by atoms with Gasteiger partial charge in [0.15, 0.2) is 0 Å². The van der Waals surface area contributed by atoms with Gasteiger partial charge >= 0.3 is 0 Å². The summed E-state index contributed by atoms with van der Waals surface area (Å²) in [5, 5.41) is 2.44. The van der Waals surface area contributed by atoms with Crippen LogP contribution in [0.1, 0.15) is 31.1 Å². The predicted octanol–water partition coefficient (Wildman–Crippen LogP) is -0.140. The maximum absolute atomic E-state index is 12.1. The molecule has 0 aliphatic carbocycles. The Morgan fingerprint density at radius 3 is 2.23 bits per heavy atom. The van der Waals surface area contributed by atoms with E-state index in [1.54, 1.807) is 20.8 Å². The summed E-state index contributed by atoms with van der Waals surface area (Å²) >= 11 is 0. The maximum atomic E-state index is 12.1. The number of nitrogens with zero attached hydrogens (tertiary/aromatic N) is 1. The highest BCUT2D eigenvalue weighted by molar-refractivity contribution is 7.89. The molecule has 0 saturated heterocycles. The highest BCUT2D eigenvalue weighted by Crippen LogP contribution is 2.14. The molecule has 1 rings (SSSR count). The average Bonchev–Trinajstić information content (AvgIpc) is 2.56. The molecular weight excluding hydrogens is 360 g/mol. The molecule has 10 heteroatoms. The van der Waals surface area contributed by atoms with Gasteiger partial charge in [0.05, 0.1) is 11.4 Å². The third-order valence-corrected chi connectivity index (χ3v) is 5.09. The second-order valence-corrected chi connectivity index (χ2v) is 8.90. The Bertz CT molecular complexity index is 797. The average molecular weight is 384 g/mol. The minimum absolute atomic E-state index is 0.0427. The van der Waals surface area contributed by atoms with Crippen LogP contribution in [0.5, 0.6) is 0 Å². The smallest absolute Gasteiger partial charge is 0.269 e. The summed E-state index contributed by atoms with van der Waals surface area (Å²) < 4.78 is 25.2. The van der Waals surface area contributed by atoms with Crippen LogP contribution in [-0.2, 0) is 19.6 Å². The van der Waals surface area contributed by atoms with E-state index in [4.69, 9.17) is 0 Å². The van der Waals surface area contributed by atoms with Gasteiger partial charge in [-0.2, -0.15) is 0 Å². The summed E-state index contributed by atoms with van der Waals surface area (Å²) in [5.41, 5.74) is 3.75. The number of carbonyl (C=O) groups is 3. The molecule has 1 aromatic carbocycles. The van der Waals surface area contributed by atoms with Crippen LogP contribution in [0.3, 0.4) is 0 Å². The number of hydrazine groups is 1. The predicted molar refractivity (Wildman–Crippen MR) is 95.4 cm³/mol. The number of rotatable bonds is 5. The molecule has 0 fully saturated rings. The van der Waals surface area contributed by atoms with Crippen LogP contribution < -0.4 is 16.2 Å². The van der Waals surface area contributed by atoms with Crippen LogP contribution in [0.25, 0.3) is 0 Å². The third kappa shape index (κ3) is 5.81. The minimum Gasteiger partial charge on any atom is -0.347 e. The fourth-order valence-electron chi connectivity index (χ4n) is 1.68. The zero-order valence-electron chi connectivity index (χ0n) is 15.4. The first-order chi connectivity index (χ1) is 11.9. The molecule has 0 aliphatic rings. The SMILES string of the molecule is CN(C)S(=O)(=O)c1cccc(C(=O)NNC(=O)CNC(=O)C(C)(C)C)c1. The van der Waals surface area contributed by atoms with Crippen molar-refractivity contribution in [3.63, 3.8) is 0 Å². The molecule has 144 valence electrons. The number of hydrogen-bond donors (Lipinski definition) is 3. The summed E-state index contributed by atoms with van der Waals surface area (Å²) in [6.07, 6.45) is 0. The molecule has 0 saturated carbocycles. The zero-order chi connectivity index (χ0) is 20.1. The number of sulfonamides is 1. The quantitative estimate of drug-likeness (QED) is 0.610. The number of benzene rings is 1. The van der Waals surface area contributed by atoms with Crippen molar-refractivity contribution in [2.24, 2.45) is 5.41 Å². The van der Waals surface area contributed by atoms with E-state index < -0.39 is 27.3 Å². The molecule has 0 spiro atoms. The first-order valence-corrected chi connectivity index (χ1v) is 9.20. The minimum atomic E-state index is -3.68. The second-order valence-electron chi connectivity index (χ2n) is 6.75. The van der Waals surface area contributed by atoms with Gasteiger partial charge < -0.3 is 5.32 Å². The normalized spacial score (nSPS) is 11.8. The van der Waals surface area contributed by atoms with Crippen molar-refractivity contribution in [1.82, 2.24) is 20.5 Å². The summed E-state index contributed by atoms with van der Waals surface area (Å²) in [5.74, 6) is -1.61. The van der Waals surface area contributed by atoms with E-state index in [0.717, 1.165) is 4.31 Å². The monoisotopic (exact) mass is 384 g/mol. The molecule has 0 atom stereocenters. The van der Waals surface area contributed by atoms with Gasteiger partial charge in [0.2, 0.25) is 15.9 Å². The Kier molecular flexibility index (Phi) is 6.87. The highest BCUT2D eigenvalue weighted by Gasteiger charge is 2.22. The summed E-state index contributed by atoms with van der Waals surface area (Å²) in [6.45, 7) is 4.82. The molecule has 0 bridgehead atoms. The number of nitrogens with one attached hydrogen (secondary N) is 3. The van der Waals surface area contributed by atoms with Gasteiger partial charge in [-0.15, -0.1) is 0 Å². The lowest BCUT2D eigenvalue weighted by Gasteiger charge is -2.17. The number of amides is 3. The molecule has 3 amide bonds. The molecule has 3 N–H and O–H groups in total. The maximum Gasteiger partial charge on any atom is 0.269 e. The molecule has 0 aromatic heterocycles. The van der Waals surface area contributed by atoms with Crippen molar-refractivity contribution in [1.29, 1.82) is 0 Å². The molecule has 0 aliphatic heterocycles. The Balaban J connectivity index is 2.67. The van der Waals surface area contributed by atoms with Gasteiger partial charge in [-0.25, -0.2) is 12.7 Å². The van der Waals surface area contributed by atoms with Crippen LogP contribution in [-0.4, -0.2) is 51.1 Å². The molecule has 0 unspecified atom stereocenters. The third-order valence-electron chi connectivity index (χ3n) is 3.28. The Morgan fingerprint density at radius 1 is 1.08 bits per heavy atom. The fraction of sp³-hybridized carbons (Fsp3) is 0.438. The van der Waals surface area contributed by atoms with Gasteiger partial charge in [-0.05, 0) is 18.2 Å². The van der Waals surface area contributed by atoms with E-state index in [-0.39, 0.29) is 22.9 Å². The van der Waals surface area contributed by atoms with Crippen LogP contribution in [0.2, 0.25) is 0 Å². The fourth-order valence-corrected chi connectivity index (χ4v) is 2.63. The lowest BCUT2D eigenvalue weighted by Crippen LogP contribution is -2.47. The van der Waals surface area contributed by atoms with Crippen molar-refractivity contribution in [2.75, 3.05) is 20.6 Å². The largest absolute Gasteiger partial charge is 0.347 e. The Morgan fingerprint density at radius 2 is 1.69 bits per heavy atom. The van der Waals surface area contributed by atoms with E-state index in [9.17, 15) is 22.8 Å². The van der Waals surface area contributed by atoms with Crippen molar-refractivity contribution in [3.05, 3.63) is 29.8 Å². The van der Waals surface area contributed by atoms with E-state index in [2.05, 4.69) is 16.2 Å². The van der Waals surface area contributed by atoms with Gasteiger partial charge in [-0.3, -0.25) is 25.2 Å². The molecule has 9 nitrogen and oxygen atoms in total. The van der Waals surface area contributed by atoms with E-state index >= 15 is 0 Å². The molecule has 0 heterocycles. The van der Waals surface area contributed by atoms with Gasteiger partial charge in [0, 0.05) is 25.1 Å². The van der Waals surface area contributed by atoms with Crippen LogP contribution in [0, 0.1) is 5.41 Å². The standard InChI is InChI=1S/C16H24N4O5S/c1-16(2,3)15(23)17-10-13(21)18-19-14(22)11-7-6-8-12(9-11)26(24,25)20(4)5/h6-9H,10H2,1-5H3,(H,17,23)(H,18,21)(H,19,22). The van der Waals surface area contributed by atoms with Crippen molar-refractivity contribution >= 4 is 27.7 Å². The topological polar surface area (TPSA) is 125 Å². The highest BCUT2D eigenvalue weighted by atomic mass is 32.2. The van der Waals surface area contributed by atoms with Crippen LogP contribution in [0.4, 0.5) is 0 Å². The first-order valence-electron chi connectivity index (χ1n) is 7.76. The zero-order valence-corrected chi connectivity index (χ0v) is 16.2. The Labute approximate surface area is 153 Å². The van der Waals surface area contributed by atoms with Crippen molar-refractivity contribution < 1.29 is 22.8 Å². The number of carbonyl (C=O) groups excluding carboxylic acids is 3. The lowest BCUT2D eigenvalue weighted by molar-refractivity contribution is -0.131. The summed E-state index contributed by atoms with van der Waals surface area (Å²) in [7, 11) is -0.912. The van der Waals surface area contributed by atoms with E-state index in [0.29, 0.717) is 0 Å². The summed E-state index contributed by atoms with van der Waals surface area (Å²) in [4.78, 5) is 35.4. The Hall–Kier alpha value is -2.46. The van der Waals surface area contributed by atoms with E-state index in [1.807, 2.05) is 0 Å². The first kappa shape index (κ1) is 21.6. The van der Waals surface area contributed by atoms with Gasteiger partial charge in [-0.1, -0.05) is 26.8 Å². The van der Waals surface area contributed by atoms with Crippen LogP contribution in [0.15, 0.2) is 29.2 Å². The lowest BCUT2D eigenvalue weighted by atomic mass is 9.96. The number of hydrogen-bond acceptors (Lipinski definition) is 5. The molecular formula is C16H24N4O5S. The van der Waals surface area contributed by atoms with Crippen molar-refractivity contribution in [2.45, 2.75) is 25.7 Å². The molecule has 1 aromatic rings. The van der Waals surface area contributed by atoms with E-state index in [1.165, 1.54) is 38.4 Å². The molecule has 0 radical (unpaired) electrons. The van der Waals surface area contributed by atoms with Crippen molar-refractivity contribution in [3.8, 4) is 0 Å². The van der Waals surface area contributed by atoms with Gasteiger partial charge in [0.1, 0.15) is 0 Å². The second kappa shape index (κ2) is 8.28. The summed E-state index contributed by atoms with van der Waals surface area (Å²) in [6, 6.07) is 5.42. The van der Waals surface area contributed by atoms with Crippen LogP contribution >= 0.6 is 0 Å². The molecule has 26 heavy (non-hydrogen) atoms.